The van der Waals surface area contributed by atoms with Gasteiger partial charge in [-0.25, -0.2) is 4.98 Å². The number of rotatable bonds is 3. The second-order valence-corrected chi connectivity index (χ2v) is 15.1. The van der Waals surface area contributed by atoms with Crippen molar-refractivity contribution in [2.45, 2.75) is 5.41 Å². The van der Waals surface area contributed by atoms with Crippen LogP contribution in [0.1, 0.15) is 22.3 Å². The fraction of sp³-hybridized carbons (Fsp3) is 0.0192. The third-order valence-electron chi connectivity index (χ3n) is 12.3. The molecular weight excluding hydrogens is 697 g/mol. The molecule has 0 saturated carbocycles. The molecule has 8 aromatic carbocycles. The molecular formula is C52H30N4O. The van der Waals surface area contributed by atoms with E-state index in [1.165, 1.54) is 44.5 Å². The average Bonchev–Trinajstić information content (AvgIpc) is 3.99. The minimum Gasteiger partial charge on any atom is -0.455 e. The van der Waals surface area contributed by atoms with E-state index >= 15 is 0 Å². The topological polar surface area (TPSA) is 56.7 Å². The number of nitrogens with zero attached hydrogens (tertiary/aromatic N) is 4. The van der Waals surface area contributed by atoms with Crippen LogP contribution in [-0.4, -0.2) is 19.5 Å². The van der Waals surface area contributed by atoms with Crippen LogP contribution in [0.4, 0.5) is 0 Å². The Balaban J connectivity index is 1.13. The van der Waals surface area contributed by atoms with Crippen molar-refractivity contribution in [2.24, 2.45) is 0 Å². The van der Waals surface area contributed by atoms with Gasteiger partial charge in [-0.1, -0.05) is 152 Å². The van der Waals surface area contributed by atoms with Crippen molar-refractivity contribution in [3.63, 3.8) is 0 Å². The lowest BCUT2D eigenvalue weighted by atomic mass is 9.70. The highest BCUT2D eigenvalue weighted by Crippen LogP contribution is 2.63. The first-order chi connectivity index (χ1) is 28.3. The molecule has 13 rings (SSSR count). The SMILES string of the molecule is c1ccc(-c2nc(-c3cccc4c3oc3ccccc34)nc(-n3c4ccccc4c4cc5c(cc43)-c3ccccc3C53c4ccccc4-c4ccccc43)n2)cc1. The van der Waals surface area contributed by atoms with Gasteiger partial charge >= 0.3 is 0 Å². The Labute approximate surface area is 327 Å². The van der Waals surface area contributed by atoms with Crippen LogP contribution in [-0.2, 0) is 5.41 Å². The standard InChI is InChI=1S/C52H30N4O/c1-2-15-31(16-3-1)49-53-50(38-23-14-22-37-36-21-8-13-28-47(36)57-48(37)38)55-51(54-49)56-45-27-12-7-20-35(45)40-29-44-39(30-46(40)56)34-19-6-11-26-43(34)52(44)41-24-9-4-17-32(41)33-18-5-10-25-42(33)52/h1-30H. The van der Waals surface area contributed by atoms with Crippen molar-refractivity contribution < 1.29 is 4.42 Å². The number of furan rings is 1. The second-order valence-electron chi connectivity index (χ2n) is 15.1. The molecule has 0 saturated heterocycles. The zero-order chi connectivity index (χ0) is 37.2. The maximum absolute atomic E-state index is 6.53. The fourth-order valence-electron chi connectivity index (χ4n) is 9.99. The first-order valence-electron chi connectivity index (χ1n) is 19.4. The van der Waals surface area contributed by atoms with Crippen LogP contribution in [0.2, 0.25) is 0 Å². The highest BCUT2D eigenvalue weighted by molar-refractivity contribution is 6.12. The molecule has 5 nitrogen and oxygen atoms in total. The lowest BCUT2D eigenvalue weighted by Gasteiger charge is -2.30. The Morgan fingerprint density at radius 2 is 0.965 bits per heavy atom. The van der Waals surface area contributed by atoms with Gasteiger partial charge in [0.2, 0.25) is 5.95 Å². The van der Waals surface area contributed by atoms with Crippen LogP contribution in [0.3, 0.4) is 0 Å². The van der Waals surface area contributed by atoms with Crippen LogP contribution >= 0.6 is 0 Å². The molecule has 5 heteroatoms. The largest absolute Gasteiger partial charge is 0.455 e. The van der Waals surface area contributed by atoms with Gasteiger partial charge in [-0.2, -0.15) is 9.97 Å². The summed E-state index contributed by atoms with van der Waals surface area (Å²) < 4.78 is 8.75. The Bertz CT molecular complexity index is 3440. The monoisotopic (exact) mass is 726 g/mol. The summed E-state index contributed by atoms with van der Waals surface area (Å²) in [6, 6.07) is 64.9. The molecule has 0 amide bonds. The van der Waals surface area contributed by atoms with Gasteiger partial charge in [-0.15, -0.1) is 0 Å². The van der Waals surface area contributed by atoms with Crippen LogP contribution in [0.25, 0.3) is 94.7 Å². The summed E-state index contributed by atoms with van der Waals surface area (Å²) in [6.45, 7) is 0. The van der Waals surface area contributed by atoms with Gasteiger partial charge in [0.1, 0.15) is 11.2 Å². The smallest absolute Gasteiger partial charge is 0.238 e. The number of benzene rings is 8. The van der Waals surface area contributed by atoms with Crippen molar-refractivity contribution in [3.05, 3.63) is 204 Å². The van der Waals surface area contributed by atoms with Gasteiger partial charge in [0.15, 0.2) is 11.6 Å². The van der Waals surface area contributed by atoms with Crippen molar-refractivity contribution >= 4 is 43.7 Å². The van der Waals surface area contributed by atoms with Gasteiger partial charge in [-0.3, -0.25) is 4.57 Å². The lowest BCUT2D eigenvalue weighted by Crippen LogP contribution is -2.25. The fourth-order valence-corrected chi connectivity index (χ4v) is 9.99. The Kier molecular flexibility index (Phi) is 6.04. The third-order valence-corrected chi connectivity index (χ3v) is 12.3. The molecule has 0 radical (unpaired) electrons. The molecule has 2 aliphatic rings. The summed E-state index contributed by atoms with van der Waals surface area (Å²) in [7, 11) is 0. The Hall–Kier alpha value is -7.63. The number of para-hydroxylation sites is 3. The van der Waals surface area contributed by atoms with Crippen LogP contribution in [0, 0.1) is 0 Å². The first-order valence-corrected chi connectivity index (χ1v) is 19.4. The minimum atomic E-state index is -0.442. The van der Waals surface area contributed by atoms with Crippen molar-refractivity contribution in [2.75, 3.05) is 0 Å². The first kappa shape index (κ1) is 30.7. The van der Waals surface area contributed by atoms with E-state index in [0.717, 1.165) is 54.9 Å². The number of hydrogen-bond acceptors (Lipinski definition) is 4. The molecule has 0 aliphatic heterocycles. The summed E-state index contributed by atoms with van der Waals surface area (Å²) in [6.07, 6.45) is 0. The van der Waals surface area contributed by atoms with Crippen molar-refractivity contribution in [3.8, 4) is 51.0 Å². The number of fused-ring (bicyclic) bond motifs is 16. The maximum atomic E-state index is 6.53. The summed E-state index contributed by atoms with van der Waals surface area (Å²) in [5, 5.41) is 4.39. The van der Waals surface area contributed by atoms with Crippen LogP contribution in [0.5, 0.6) is 0 Å². The van der Waals surface area contributed by atoms with Crippen molar-refractivity contribution in [1.82, 2.24) is 19.5 Å². The highest BCUT2D eigenvalue weighted by atomic mass is 16.3. The molecule has 0 bridgehead atoms. The predicted molar refractivity (Wildman–Crippen MR) is 229 cm³/mol. The molecule has 0 N–H and O–H groups in total. The van der Waals surface area contributed by atoms with Crippen LogP contribution < -0.4 is 0 Å². The van der Waals surface area contributed by atoms with E-state index in [4.69, 9.17) is 19.4 Å². The molecule has 0 atom stereocenters. The zero-order valence-electron chi connectivity index (χ0n) is 30.5. The molecule has 0 unspecified atom stereocenters. The predicted octanol–water partition coefficient (Wildman–Crippen LogP) is 12.5. The normalized spacial score (nSPS) is 13.4. The van der Waals surface area contributed by atoms with E-state index in [0.29, 0.717) is 17.6 Å². The minimum absolute atomic E-state index is 0.442. The van der Waals surface area contributed by atoms with E-state index in [-0.39, 0.29) is 0 Å². The Morgan fingerprint density at radius 3 is 1.72 bits per heavy atom. The number of aromatic nitrogens is 4. The molecule has 3 aromatic heterocycles. The molecule has 3 heterocycles. The van der Waals surface area contributed by atoms with E-state index in [1.807, 2.05) is 42.5 Å². The summed E-state index contributed by atoms with van der Waals surface area (Å²) >= 11 is 0. The average molecular weight is 727 g/mol. The lowest BCUT2D eigenvalue weighted by molar-refractivity contribution is 0.669. The Morgan fingerprint density at radius 1 is 0.386 bits per heavy atom. The van der Waals surface area contributed by atoms with Crippen LogP contribution in [0.15, 0.2) is 186 Å². The number of hydrogen-bond donors (Lipinski definition) is 0. The van der Waals surface area contributed by atoms with E-state index in [1.54, 1.807) is 0 Å². The van der Waals surface area contributed by atoms with E-state index in [9.17, 15) is 0 Å². The van der Waals surface area contributed by atoms with E-state index in [2.05, 4.69) is 144 Å². The maximum Gasteiger partial charge on any atom is 0.238 e. The quantitative estimate of drug-likeness (QED) is 0.182. The van der Waals surface area contributed by atoms with Crippen molar-refractivity contribution in [1.29, 1.82) is 0 Å². The van der Waals surface area contributed by atoms with Gasteiger partial charge in [0, 0.05) is 27.1 Å². The summed E-state index contributed by atoms with van der Waals surface area (Å²) in [4.78, 5) is 15.8. The van der Waals surface area contributed by atoms with Gasteiger partial charge in [0.05, 0.1) is 22.0 Å². The molecule has 1 spiro atoms. The van der Waals surface area contributed by atoms with Gasteiger partial charge < -0.3 is 4.42 Å². The molecule has 57 heavy (non-hydrogen) atoms. The van der Waals surface area contributed by atoms with Gasteiger partial charge in [-0.05, 0) is 74.8 Å². The summed E-state index contributed by atoms with van der Waals surface area (Å²) in [5.41, 5.74) is 15.3. The summed E-state index contributed by atoms with van der Waals surface area (Å²) in [5.74, 6) is 1.70. The molecule has 0 fully saturated rings. The van der Waals surface area contributed by atoms with Gasteiger partial charge in [0.25, 0.3) is 0 Å². The molecule has 2 aliphatic carbocycles. The second kappa shape index (κ2) is 11.2. The molecule has 264 valence electrons. The molecule has 11 aromatic rings. The zero-order valence-corrected chi connectivity index (χ0v) is 30.5. The third kappa shape index (κ3) is 3.99. The van der Waals surface area contributed by atoms with E-state index < -0.39 is 5.41 Å². The highest BCUT2D eigenvalue weighted by Gasteiger charge is 2.51.